The van der Waals surface area contributed by atoms with Crippen LogP contribution >= 0.6 is 0 Å². The molecule has 33 heavy (non-hydrogen) atoms. The standard InChI is InChI=1S/C23H25F3N2O4S/c1-12(29)23(30)28-18-8-15(9-18)22(27-33(2,31)32)20(28)10-13-4-3-5-19(21(13)26)14-6-16(24)11-17(25)7-14/h3-7,11-12,15,18,20,22,27,29H,8-10H2,1-2H3/t12-,15?,18?,20+,22+/m1/s1. The highest BCUT2D eigenvalue weighted by Crippen LogP contribution is 2.44. The molecule has 1 amide bonds. The van der Waals surface area contributed by atoms with Crippen LogP contribution in [0.2, 0.25) is 0 Å². The van der Waals surface area contributed by atoms with Crippen LogP contribution in [0.3, 0.4) is 0 Å². The Bertz CT molecular complexity index is 1160. The number of nitrogens with one attached hydrogen (secondary N) is 1. The van der Waals surface area contributed by atoms with Gasteiger partial charge in [-0.25, -0.2) is 26.3 Å². The molecule has 5 rings (SSSR count). The number of aliphatic hydroxyl groups is 1. The first kappa shape index (κ1) is 23.7. The van der Waals surface area contributed by atoms with Gasteiger partial charge in [0.2, 0.25) is 10.0 Å². The molecule has 2 N–H and O–H groups in total. The molecule has 2 heterocycles. The Morgan fingerprint density at radius 2 is 1.82 bits per heavy atom. The second kappa shape index (κ2) is 8.73. The van der Waals surface area contributed by atoms with E-state index in [1.807, 2.05) is 0 Å². The summed E-state index contributed by atoms with van der Waals surface area (Å²) >= 11 is 0. The Kier molecular flexibility index (Phi) is 6.28. The van der Waals surface area contributed by atoms with Crippen LogP contribution in [0, 0.1) is 23.4 Å². The lowest BCUT2D eigenvalue weighted by atomic mass is 9.66. The van der Waals surface area contributed by atoms with Gasteiger partial charge in [0.15, 0.2) is 0 Å². The van der Waals surface area contributed by atoms with E-state index in [4.69, 9.17) is 0 Å². The van der Waals surface area contributed by atoms with E-state index in [0.717, 1.165) is 18.4 Å². The number of sulfonamides is 1. The van der Waals surface area contributed by atoms with Crippen molar-refractivity contribution >= 4 is 15.9 Å². The number of hydrogen-bond donors (Lipinski definition) is 2. The number of rotatable bonds is 6. The molecule has 2 aliphatic heterocycles. The number of fused-ring (bicyclic) bond motifs is 2. The van der Waals surface area contributed by atoms with Gasteiger partial charge in [-0.1, -0.05) is 18.2 Å². The van der Waals surface area contributed by atoms with Crippen LogP contribution in [0.1, 0.15) is 25.3 Å². The van der Waals surface area contributed by atoms with Crippen molar-refractivity contribution in [3.8, 4) is 11.1 Å². The second-order valence-corrected chi connectivity index (χ2v) is 10.7. The summed E-state index contributed by atoms with van der Waals surface area (Å²) in [6.07, 6.45) is 0.876. The van der Waals surface area contributed by atoms with Crippen molar-refractivity contribution in [1.29, 1.82) is 0 Å². The number of benzene rings is 2. The van der Waals surface area contributed by atoms with E-state index in [9.17, 15) is 27.1 Å². The van der Waals surface area contributed by atoms with Crippen molar-refractivity contribution in [2.24, 2.45) is 5.92 Å². The van der Waals surface area contributed by atoms with Crippen molar-refractivity contribution in [2.45, 2.75) is 50.4 Å². The van der Waals surface area contributed by atoms with Crippen LogP contribution in [0.4, 0.5) is 13.2 Å². The topological polar surface area (TPSA) is 86.7 Å². The van der Waals surface area contributed by atoms with E-state index in [1.165, 1.54) is 24.0 Å². The van der Waals surface area contributed by atoms with Gasteiger partial charge in [0.05, 0.1) is 12.3 Å². The second-order valence-electron chi connectivity index (χ2n) is 8.93. The molecule has 3 aliphatic rings. The summed E-state index contributed by atoms with van der Waals surface area (Å²) in [5, 5.41) is 9.94. The molecule has 0 spiro atoms. The normalized spacial score (nSPS) is 25.5. The number of piperidine rings is 2. The summed E-state index contributed by atoms with van der Waals surface area (Å²) in [6, 6.07) is 5.64. The van der Waals surface area contributed by atoms with Gasteiger partial charge in [0.1, 0.15) is 23.6 Å². The molecule has 3 atom stereocenters. The number of aliphatic hydroxyl groups excluding tert-OH is 1. The van der Waals surface area contributed by atoms with Gasteiger partial charge in [-0.2, -0.15) is 0 Å². The maximum Gasteiger partial charge on any atom is 0.251 e. The molecule has 1 aliphatic carbocycles. The molecule has 2 aromatic carbocycles. The van der Waals surface area contributed by atoms with Crippen molar-refractivity contribution in [3.63, 3.8) is 0 Å². The molecule has 0 aromatic heterocycles. The van der Waals surface area contributed by atoms with Gasteiger partial charge >= 0.3 is 0 Å². The van der Waals surface area contributed by atoms with E-state index in [2.05, 4.69) is 4.72 Å². The fraction of sp³-hybridized carbons (Fsp3) is 0.435. The third-order valence-electron chi connectivity index (χ3n) is 6.47. The van der Waals surface area contributed by atoms with Crippen LogP contribution in [0.25, 0.3) is 11.1 Å². The predicted molar refractivity (Wildman–Crippen MR) is 116 cm³/mol. The van der Waals surface area contributed by atoms with E-state index in [1.54, 1.807) is 6.07 Å². The SMILES string of the molecule is C[C@@H](O)C(=O)N1C2CC(C2)[C@H](NS(C)(=O)=O)[C@@H]1Cc1cccc(-c2cc(F)cc(F)c2)c1F. The third-order valence-corrected chi connectivity index (χ3v) is 7.17. The lowest BCUT2D eigenvalue weighted by Gasteiger charge is -2.58. The fourth-order valence-electron chi connectivity index (χ4n) is 5.01. The lowest BCUT2D eigenvalue weighted by Crippen LogP contribution is -2.71. The van der Waals surface area contributed by atoms with Gasteiger partial charge in [-0.3, -0.25) is 4.79 Å². The van der Waals surface area contributed by atoms with E-state index in [-0.39, 0.29) is 35.1 Å². The van der Waals surface area contributed by atoms with Gasteiger partial charge in [0, 0.05) is 23.7 Å². The van der Waals surface area contributed by atoms with Crippen molar-refractivity contribution < 1.29 is 31.5 Å². The quantitative estimate of drug-likeness (QED) is 0.663. The van der Waals surface area contributed by atoms with Crippen molar-refractivity contribution in [1.82, 2.24) is 9.62 Å². The summed E-state index contributed by atoms with van der Waals surface area (Å²) in [6.45, 7) is 1.34. The molecule has 2 saturated heterocycles. The monoisotopic (exact) mass is 482 g/mol. The number of carbonyl (C=O) groups excluding carboxylic acids is 1. The molecular weight excluding hydrogens is 457 g/mol. The average molecular weight is 483 g/mol. The van der Waals surface area contributed by atoms with Gasteiger partial charge in [0.25, 0.3) is 5.91 Å². The summed E-state index contributed by atoms with van der Waals surface area (Å²) < 4.78 is 69.6. The highest BCUT2D eigenvalue weighted by Gasteiger charge is 2.53. The highest BCUT2D eigenvalue weighted by atomic mass is 32.2. The minimum atomic E-state index is -3.62. The number of carbonyl (C=O) groups is 1. The third kappa shape index (κ3) is 4.78. The van der Waals surface area contributed by atoms with Gasteiger partial charge in [-0.15, -0.1) is 0 Å². The molecule has 0 radical (unpaired) electrons. The average Bonchev–Trinajstić information content (AvgIpc) is 2.66. The summed E-state index contributed by atoms with van der Waals surface area (Å²) in [7, 11) is -3.62. The number of hydrogen-bond acceptors (Lipinski definition) is 4. The Morgan fingerprint density at radius 1 is 1.18 bits per heavy atom. The number of amides is 1. The van der Waals surface area contributed by atoms with Gasteiger partial charge in [-0.05, 0) is 55.4 Å². The predicted octanol–water partition coefficient (Wildman–Crippen LogP) is 2.60. The molecule has 0 unspecified atom stereocenters. The summed E-state index contributed by atoms with van der Waals surface area (Å²) in [5.74, 6) is -2.95. The number of halogens is 3. The van der Waals surface area contributed by atoms with Crippen molar-refractivity contribution in [2.75, 3.05) is 6.26 Å². The molecule has 6 nitrogen and oxygen atoms in total. The first-order valence-corrected chi connectivity index (χ1v) is 12.5. The van der Waals surface area contributed by atoms with E-state index >= 15 is 4.39 Å². The highest BCUT2D eigenvalue weighted by molar-refractivity contribution is 7.88. The molecular formula is C23H25F3N2O4S. The van der Waals surface area contributed by atoms with Crippen LogP contribution in [0.5, 0.6) is 0 Å². The molecule has 2 bridgehead atoms. The van der Waals surface area contributed by atoms with Crippen LogP contribution in [-0.4, -0.2) is 54.8 Å². The molecule has 178 valence electrons. The van der Waals surface area contributed by atoms with Crippen LogP contribution in [0.15, 0.2) is 36.4 Å². The Labute approximate surface area is 190 Å². The summed E-state index contributed by atoms with van der Waals surface area (Å²) in [5.41, 5.74) is 0.195. The smallest absolute Gasteiger partial charge is 0.251 e. The van der Waals surface area contributed by atoms with E-state index in [0.29, 0.717) is 18.9 Å². The maximum absolute atomic E-state index is 15.5. The largest absolute Gasteiger partial charge is 0.384 e. The Hall–Kier alpha value is -2.43. The van der Waals surface area contributed by atoms with Gasteiger partial charge < -0.3 is 10.0 Å². The first-order chi connectivity index (χ1) is 15.4. The zero-order valence-corrected chi connectivity index (χ0v) is 18.9. The molecule has 2 aromatic rings. The van der Waals surface area contributed by atoms with Crippen molar-refractivity contribution in [3.05, 3.63) is 59.4 Å². The fourth-order valence-corrected chi connectivity index (χ4v) is 5.85. The Morgan fingerprint density at radius 3 is 2.39 bits per heavy atom. The minimum absolute atomic E-state index is 0.00658. The van der Waals surface area contributed by atoms with Crippen LogP contribution in [-0.2, 0) is 21.2 Å². The molecule has 10 heteroatoms. The summed E-state index contributed by atoms with van der Waals surface area (Å²) in [4.78, 5) is 14.3. The van der Waals surface area contributed by atoms with E-state index < -0.39 is 51.6 Å². The minimum Gasteiger partial charge on any atom is -0.384 e. The molecule has 3 fully saturated rings. The number of nitrogens with zero attached hydrogens (tertiary/aromatic N) is 1. The lowest BCUT2D eigenvalue weighted by molar-refractivity contribution is -0.157. The Balaban J connectivity index is 1.73. The first-order valence-electron chi connectivity index (χ1n) is 10.7. The zero-order valence-electron chi connectivity index (χ0n) is 18.1. The van der Waals surface area contributed by atoms with Crippen LogP contribution < -0.4 is 4.72 Å². The maximum atomic E-state index is 15.5. The zero-order chi connectivity index (χ0) is 24.1. The molecule has 1 saturated carbocycles.